The SMILES string of the molecule is CCCCCCCCC(=O)N(CCOC)Cc1ccc(OS(=O)(=O)c2cccc(C(F)(F)F)c2)cc1. The van der Waals surface area contributed by atoms with E-state index < -0.39 is 26.8 Å². The predicted octanol–water partition coefficient (Wildman–Crippen LogP) is 6.20. The number of ether oxygens (including phenoxy) is 1. The molecule has 10 heteroatoms. The maximum Gasteiger partial charge on any atom is 0.416 e. The Hall–Kier alpha value is -2.59. The smallest absolute Gasteiger partial charge is 0.383 e. The highest BCUT2D eigenvalue weighted by molar-refractivity contribution is 7.87. The maximum absolute atomic E-state index is 12.9. The largest absolute Gasteiger partial charge is 0.416 e. The molecule has 2 aromatic rings. The van der Waals surface area contributed by atoms with Crippen molar-refractivity contribution in [3.05, 3.63) is 59.7 Å². The van der Waals surface area contributed by atoms with Gasteiger partial charge in [-0.05, 0) is 42.3 Å². The molecule has 0 heterocycles. The van der Waals surface area contributed by atoms with Crippen LogP contribution >= 0.6 is 0 Å². The van der Waals surface area contributed by atoms with Gasteiger partial charge in [-0.2, -0.15) is 21.6 Å². The highest BCUT2D eigenvalue weighted by Gasteiger charge is 2.32. The standard InChI is InChI=1S/C26H34F3NO5S/c1-3-4-5-6-7-8-12-25(31)30(17-18-34-2)20-21-13-15-23(16-14-21)35-36(32,33)24-11-9-10-22(19-24)26(27,28)29/h9-11,13-16,19H,3-8,12,17-18,20H2,1-2H3. The molecule has 0 saturated carbocycles. The fourth-order valence-electron chi connectivity index (χ4n) is 3.58. The zero-order chi connectivity index (χ0) is 26.6. The summed E-state index contributed by atoms with van der Waals surface area (Å²) in [4.78, 5) is 13.8. The minimum absolute atomic E-state index is 0.0231. The molecule has 1 amide bonds. The summed E-state index contributed by atoms with van der Waals surface area (Å²) >= 11 is 0. The van der Waals surface area contributed by atoms with Gasteiger partial charge in [-0.25, -0.2) is 0 Å². The van der Waals surface area contributed by atoms with E-state index in [0.717, 1.165) is 43.0 Å². The van der Waals surface area contributed by atoms with E-state index in [4.69, 9.17) is 8.92 Å². The van der Waals surface area contributed by atoms with E-state index in [1.165, 1.54) is 31.4 Å². The molecule has 200 valence electrons. The van der Waals surface area contributed by atoms with Gasteiger partial charge in [-0.15, -0.1) is 0 Å². The third-order valence-corrected chi connectivity index (χ3v) is 6.86. The Bertz CT molecular complexity index is 1060. The molecular weight excluding hydrogens is 495 g/mol. The second kappa shape index (κ2) is 14.2. The van der Waals surface area contributed by atoms with Gasteiger partial charge in [0.1, 0.15) is 10.6 Å². The minimum atomic E-state index is -4.67. The first-order chi connectivity index (χ1) is 17.1. The highest BCUT2D eigenvalue weighted by Crippen LogP contribution is 2.31. The number of methoxy groups -OCH3 is 1. The fraction of sp³-hybridized carbons (Fsp3) is 0.500. The lowest BCUT2D eigenvalue weighted by molar-refractivity contribution is -0.137. The van der Waals surface area contributed by atoms with Gasteiger partial charge in [0.15, 0.2) is 0 Å². The second-order valence-electron chi connectivity index (χ2n) is 8.53. The number of benzene rings is 2. The molecule has 0 N–H and O–H groups in total. The van der Waals surface area contributed by atoms with Crippen LogP contribution in [0.2, 0.25) is 0 Å². The number of amides is 1. The van der Waals surface area contributed by atoms with Crippen molar-refractivity contribution in [3.63, 3.8) is 0 Å². The van der Waals surface area contributed by atoms with Gasteiger partial charge in [0.05, 0.1) is 12.2 Å². The molecule has 2 aromatic carbocycles. The third-order valence-electron chi connectivity index (χ3n) is 5.61. The monoisotopic (exact) mass is 529 g/mol. The van der Waals surface area contributed by atoms with Crippen LogP contribution in [0.1, 0.15) is 63.0 Å². The summed E-state index contributed by atoms with van der Waals surface area (Å²) in [5.41, 5.74) is -0.324. The van der Waals surface area contributed by atoms with E-state index in [-0.39, 0.29) is 11.7 Å². The molecule has 6 nitrogen and oxygen atoms in total. The number of alkyl halides is 3. The molecule has 0 fully saturated rings. The van der Waals surface area contributed by atoms with E-state index in [1.54, 1.807) is 24.1 Å². The summed E-state index contributed by atoms with van der Waals surface area (Å²) < 4.78 is 73.9. The van der Waals surface area contributed by atoms with Crippen LogP contribution in [-0.2, 0) is 32.4 Å². The predicted molar refractivity (Wildman–Crippen MR) is 131 cm³/mol. The van der Waals surface area contributed by atoms with Gasteiger partial charge in [0.2, 0.25) is 5.91 Å². The number of rotatable bonds is 15. The lowest BCUT2D eigenvalue weighted by Crippen LogP contribution is -2.33. The Balaban J connectivity index is 2.01. The molecule has 0 aliphatic heterocycles. The van der Waals surface area contributed by atoms with Crippen molar-refractivity contribution >= 4 is 16.0 Å². The first-order valence-corrected chi connectivity index (χ1v) is 13.4. The van der Waals surface area contributed by atoms with Crippen LogP contribution in [0.5, 0.6) is 5.75 Å². The summed E-state index contributed by atoms with van der Waals surface area (Å²) in [6.07, 6.45) is 2.28. The normalized spacial score (nSPS) is 11.9. The van der Waals surface area contributed by atoms with E-state index in [0.29, 0.717) is 32.2 Å². The molecule has 0 aliphatic carbocycles. The van der Waals surface area contributed by atoms with Crippen molar-refractivity contribution < 1.29 is 35.3 Å². The highest BCUT2D eigenvalue weighted by atomic mass is 32.2. The quantitative estimate of drug-likeness (QED) is 0.203. The summed E-state index contributed by atoms with van der Waals surface area (Å²) in [5, 5.41) is 0. The van der Waals surface area contributed by atoms with E-state index in [9.17, 15) is 26.4 Å². The van der Waals surface area contributed by atoms with Crippen LogP contribution in [-0.4, -0.2) is 39.5 Å². The summed E-state index contributed by atoms with van der Waals surface area (Å²) in [5.74, 6) is -0.0204. The minimum Gasteiger partial charge on any atom is -0.383 e. The van der Waals surface area contributed by atoms with Gasteiger partial charge in [0, 0.05) is 26.6 Å². The van der Waals surface area contributed by atoms with Gasteiger partial charge < -0.3 is 13.8 Å². The molecule has 0 atom stereocenters. The average molecular weight is 530 g/mol. The average Bonchev–Trinajstić information content (AvgIpc) is 2.84. The zero-order valence-electron chi connectivity index (χ0n) is 20.7. The molecular formula is C26H34F3NO5S. The fourth-order valence-corrected chi connectivity index (χ4v) is 4.56. The Labute approximate surface area is 211 Å². The second-order valence-corrected chi connectivity index (χ2v) is 10.1. The van der Waals surface area contributed by atoms with Crippen molar-refractivity contribution in [2.24, 2.45) is 0 Å². The van der Waals surface area contributed by atoms with E-state index in [1.807, 2.05) is 0 Å². The Morgan fingerprint density at radius 3 is 2.28 bits per heavy atom. The van der Waals surface area contributed by atoms with Crippen molar-refractivity contribution in [3.8, 4) is 5.75 Å². The molecule has 36 heavy (non-hydrogen) atoms. The summed E-state index contributed by atoms with van der Waals surface area (Å²) in [7, 11) is -2.89. The Morgan fingerprint density at radius 1 is 0.972 bits per heavy atom. The first-order valence-electron chi connectivity index (χ1n) is 12.0. The van der Waals surface area contributed by atoms with Crippen LogP contribution in [0.25, 0.3) is 0 Å². The number of hydrogen-bond acceptors (Lipinski definition) is 5. The van der Waals surface area contributed by atoms with E-state index in [2.05, 4.69) is 6.92 Å². The molecule has 0 aromatic heterocycles. The van der Waals surface area contributed by atoms with Crippen molar-refractivity contribution in [2.45, 2.75) is 69.5 Å². The third kappa shape index (κ3) is 9.81. The lowest BCUT2D eigenvalue weighted by Gasteiger charge is -2.23. The first kappa shape index (κ1) is 29.6. The number of halogens is 3. The molecule has 2 rings (SSSR count). The summed E-state index contributed by atoms with van der Waals surface area (Å²) in [6, 6.07) is 9.44. The van der Waals surface area contributed by atoms with Gasteiger partial charge in [-0.3, -0.25) is 4.79 Å². The van der Waals surface area contributed by atoms with Crippen LogP contribution in [0, 0.1) is 0 Å². The van der Waals surface area contributed by atoms with Crippen molar-refractivity contribution in [1.29, 1.82) is 0 Å². The topological polar surface area (TPSA) is 72.9 Å². The molecule has 0 unspecified atom stereocenters. The van der Waals surface area contributed by atoms with Crippen molar-refractivity contribution in [2.75, 3.05) is 20.3 Å². The molecule has 0 bridgehead atoms. The summed E-state index contributed by atoms with van der Waals surface area (Å²) in [6.45, 7) is 3.29. The lowest BCUT2D eigenvalue weighted by atomic mass is 10.1. The maximum atomic E-state index is 12.9. The van der Waals surface area contributed by atoms with Crippen LogP contribution in [0.15, 0.2) is 53.4 Å². The van der Waals surface area contributed by atoms with Crippen LogP contribution in [0.4, 0.5) is 13.2 Å². The number of unbranched alkanes of at least 4 members (excludes halogenated alkanes) is 5. The van der Waals surface area contributed by atoms with Gasteiger partial charge in [-0.1, -0.05) is 57.2 Å². The Kier molecular flexibility index (Phi) is 11.7. The van der Waals surface area contributed by atoms with Crippen LogP contribution in [0.3, 0.4) is 0 Å². The molecule has 0 saturated heterocycles. The number of nitrogens with zero attached hydrogens (tertiary/aromatic N) is 1. The number of carbonyl (C=O) groups excluding carboxylic acids is 1. The number of hydrogen-bond donors (Lipinski definition) is 0. The zero-order valence-corrected chi connectivity index (χ0v) is 21.5. The van der Waals surface area contributed by atoms with Crippen molar-refractivity contribution in [1.82, 2.24) is 4.90 Å². The van der Waals surface area contributed by atoms with Gasteiger partial charge >= 0.3 is 16.3 Å². The van der Waals surface area contributed by atoms with Crippen LogP contribution < -0.4 is 4.18 Å². The molecule has 0 aliphatic rings. The molecule has 0 radical (unpaired) electrons. The Morgan fingerprint density at radius 2 is 1.64 bits per heavy atom. The number of carbonyl (C=O) groups is 1. The van der Waals surface area contributed by atoms with Gasteiger partial charge in [0.25, 0.3) is 0 Å². The van der Waals surface area contributed by atoms with E-state index >= 15 is 0 Å². The molecule has 0 spiro atoms.